The number of hydrogen-bond acceptors (Lipinski definition) is 14. The van der Waals surface area contributed by atoms with Gasteiger partial charge in [-0.25, -0.2) is 29.3 Å². The molecule has 0 fully saturated rings. The predicted octanol–water partition coefficient (Wildman–Crippen LogP) is 4.57. The highest BCUT2D eigenvalue weighted by molar-refractivity contribution is 7.98. The molecule has 0 aromatic carbocycles. The van der Waals surface area contributed by atoms with E-state index >= 15 is 0 Å². The molecule has 19 heteroatoms. The number of nitrogens with two attached hydrogens (primary N) is 1. The zero-order valence-corrected chi connectivity index (χ0v) is 34.8. The molecule has 49 heavy (non-hydrogen) atoms. The maximum atomic E-state index is 9.47. The standard InChI is InChI=1S/C15H27N5O2SSi.C12H19ClN4OSSi.C3H9NO/c1-11(21)8-16-13-12-9-17-20(10-22-6-5-7-24(3)4)14(12)19-15(18-13)23-2;1-19-12-15-10(13)9-7-14-17(11(9)16-12)8-18-5-4-6-20(2)3;1-3(5)2-4/h9,11,21,24H,5-8,10H2,1-4H3,(H,16,18,19);7,20H,4-6,8H2,1-3H3;3,5H,2,4H2,1H3/t11-;;3-/m0.0/s1. The molecule has 0 aliphatic carbocycles. The minimum Gasteiger partial charge on any atom is -0.392 e. The Labute approximate surface area is 306 Å². The van der Waals surface area contributed by atoms with Gasteiger partial charge in [0.15, 0.2) is 21.6 Å². The summed E-state index contributed by atoms with van der Waals surface area (Å²) in [6, 6.07) is 2.61. The van der Waals surface area contributed by atoms with Crippen LogP contribution < -0.4 is 11.1 Å². The smallest absolute Gasteiger partial charge is 0.191 e. The molecule has 2 atom stereocenters. The first-order valence-corrected chi connectivity index (χ1v) is 25.6. The van der Waals surface area contributed by atoms with Gasteiger partial charge in [-0.15, -0.1) is 0 Å². The maximum Gasteiger partial charge on any atom is 0.191 e. The highest BCUT2D eigenvalue weighted by atomic mass is 35.5. The van der Waals surface area contributed by atoms with Gasteiger partial charge in [-0.3, -0.25) is 0 Å². The minimum absolute atomic E-state index is 0.338. The molecule has 0 unspecified atom stereocenters. The lowest BCUT2D eigenvalue weighted by atomic mass is 10.3. The van der Waals surface area contributed by atoms with Crippen molar-refractivity contribution in [1.29, 1.82) is 0 Å². The highest BCUT2D eigenvalue weighted by Gasteiger charge is 2.14. The second-order valence-electron chi connectivity index (χ2n) is 12.3. The Bertz CT molecular complexity index is 1510. The number of aliphatic hydroxyl groups is 2. The Kier molecular flexibility index (Phi) is 20.8. The fraction of sp³-hybridized carbons (Fsp3) is 0.667. The summed E-state index contributed by atoms with van der Waals surface area (Å²) in [5, 5.41) is 32.9. The number of aliphatic hydroxyl groups excluding tert-OH is 2. The van der Waals surface area contributed by atoms with E-state index in [1.165, 1.54) is 35.6 Å². The summed E-state index contributed by atoms with van der Waals surface area (Å²) in [6.07, 6.45) is 8.73. The normalized spacial score (nSPS) is 12.6. The lowest BCUT2D eigenvalue weighted by Gasteiger charge is -2.10. The van der Waals surface area contributed by atoms with Crippen molar-refractivity contribution in [2.75, 3.05) is 44.1 Å². The van der Waals surface area contributed by atoms with Gasteiger partial charge < -0.3 is 30.7 Å². The van der Waals surface area contributed by atoms with Crippen molar-refractivity contribution in [3.63, 3.8) is 0 Å². The lowest BCUT2D eigenvalue weighted by molar-refractivity contribution is 0.0717. The lowest BCUT2D eigenvalue weighted by Crippen LogP contribution is -2.16. The third-order valence-corrected chi connectivity index (χ3v) is 11.3. The molecular formula is C30H55ClN10O4S2Si2. The van der Waals surface area contributed by atoms with Crippen LogP contribution in [0.4, 0.5) is 5.82 Å². The molecule has 0 bridgehead atoms. The van der Waals surface area contributed by atoms with E-state index in [9.17, 15) is 5.11 Å². The molecule has 0 aliphatic rings. The Morgan fingerprint density at radius 2 is 1.29 bits per heavy atom. The fourth-order valence-electron chi connectivity index (χ4n) is 4.08. The van der Waals surface area contributed by atoms with E-state index in [1.807, 2.05) is 12.5 Å². The van der Waals surface area contributed by atoms with E-state index in [1.54, 1.807) is 35.6 Å². The van der Waals surface area contributed by atoms with Crippen LogP contribution in [0.3, 0.4) is 0 Å². The average Bonchev–Trinajstić information content (AvgIpc) is 3.67. The number of rotatable bonds is 18. The van der Waals surface area contributed by atoms with Crippen molar-refractivity contribution in [2.24, 2.45) is 5.73 Å². The molecule has 4 aromatic heterocycles. The minimum atomic E-state index is -0.504. The van der Waals surface area contributed by atoms with E-state index in [-0.39, 0.29) is 6.10 Å². The quantitative estimate of drug-likeness (QED) is 0.0362. The Morgan fingerprint density at radius 1 is 0.816 bits per heavy atom. The highest BCUT2D eigenvalue weighted by Crippen LogP contribution is 2.24. The summed E-state index contributed by atoms with van der Waals surface area (Å²) < 4.78 is 14.9. The number of fused-ring (bicyclic) bond motifs is 2. The van der Waals surface area contributed by atoms with E-state index in [2.05, 4.69) is 61.6 Å². The molecule has 0 radical (unpaired) electrons. The van der Waals surface area contributed by atoms with Crippen molar-refractivity contribution in [1.82, 2.24) is 39.5 Å². The first-order valence-electron chi connectivity index (χ1n) is 16.6. The number of aromatic nitrogens is 8. The van der Waals surface area contributed by atoms with Crippen LogP contribution in [-0.4, -0.2) is 118 Å². The van der Waals surface area contributed by atoms with Gasteiger partial charge in [0.25, 0.3) is 0 Å². The first-order chi connectivity index (χ1) is 23.4. The van der Waals surface area contributed by atoms with Crippen molar-refractivity contribution in [3.8, 4) is 0 Å². The summed E-state index contributed by atoms with van der Waals surface area (Å²) in [6.45, 7) is 15.9. The summed E-state index contributed by atoms with van der Waals surface area (Å²) in [7, 11) is -0.980. The SMILES string of the molecule is CSc1nc(Cl)c2cnn(COCCC[SiH](C)C)c2n1.CSc1nc(NC[C@H](C)O)c2cnn(COCCC[SiH](C)C)c2n1.C[C@H](O)CN. The van der Waals surface area contributed by atoms with Crippen LogP contribution in [0.2, 0.25) is 43.4 Å². The number of nitrogens with zero attached hydrogens (tertiary/aromatic N) is 8. The van der Waals surface area contributed by atoms with Crippen LogP contribution >= 0.6 is 35.1 Å². The zero-order chi connectivity index (χ0) is 36.3. The number of nitrogens with one attached hydrogen (secondary N) is 1. The van der Waals surface area contributed by atoms with Crippen LogP contribution in [0, 0.1) is 0 Å². The van der Waals surface area contributed by atoms with Gasteiger partial charge in [0.05, 0.1) is 35.4 Å². The Balaban J connectivity index is 0.000000303. The third kappa shape index (κ3) is 15.9. The molecule has 0 spiro atoms. The van der Waals surface area contributed by atoms with Gasteiger partial charge in [-0.1, -0.05) is 73.4 Å². The molecule has 0 aliphatic heterocycles. The van der Waals surface area contributed by atoms with Crippen molar-refractivity contribution >= 4 is 80.6 Å². The van der Waals surface area contributed by atoms with Crippen LogP contribution in [-0.2, 0) is 22.9 Å². The number of halogens is 1. The van der Waals surface area contributed by atoms with Gasteiger partial charge >= 0.3 is 0 Å². The molecule has 14 nitrogen and oxygen atoms in total. The molecule has 0 saturated heterocycles. The molecule has 0 saturated carbocycles. The topological polar surface area (TPSA) is 184 Å². The predicted molar refractivity (Wildman–Crippen MR) is 209 cm³/mol. The summed E-state index contributed by atoms with van der Waals surface area (Å²) in [5.41, 5.74) is 6.40. The van der Waals surface area contributed by atoms with Crippen LogP contribution in [0.5, 0.6) is 0 Å². The van der Waals surface area contributed by atoms with E-state index in [4.69, 9.17) is 31.9 Å². The van der Waals surface area contributed by atoms with Crippen molar-refractivity contribution in [3.05, 3.63) is 17.5 Å². The second-order valence-corrected chi connectivity index (χ2v) is 20.9. The number of anilines is 1. The Morgan fingerprint density at radius 3 is 1.73 bits per heavy atom. The van der Waals surface area contributed by atoms with Gasteiger partial charge in [0, 0.05) is 43.9 Å². The van der Waals surface area contributed by atoms with Gasteiger partial charge in [0.1, 0.15) is 24.4 Å². The molecule has 4 heterocycles. The average molecular weight is 776 g/mol. The fourth-order valence-corrected chi connectivity index (χ4v) is 7.03. The number of thioether (sulfide) groups is 2. The first kappa shape index (κ1) is 43.3. The van der Waals surface area contributed by atoms with Gasteiger partial charge in [-0.2, -0.15) is 10.2 Å². The van der Waals surface area contributed by atoms with Crippen molar-refractivity contribution < 1.29 is 19.7 Å². The number of hydrogen-bond donors (Lipinski definition) is 4. The van der Waals surface area contributed by atoms with Crippen LogP contribution in [0.1, 0.15) is 26.7 Å². The van der Waals surface area contributed by atoms with E-state index in [0.717, 1.165) is 48.1 Å². The summed E-state index contributed by atoms with van der Waals surface area (Å²) in [5.74, 6) is 0.697. The van der Waals surface area contributed by atoms with E-state index in [0.29, 0.717) is 47.8 Å². The Hall–Kier alpha value is -1.88. The zero-order valence-electron chi connectivity index (χ0n) is 30.1. The molecule has 5 N–H and O–H groups in total. The van der Waals surface area contributed by atoms with Crippen LogP contribution in [0.15, 0.2) is 22.7 Å². The molecule has 4 rings (SSSR count). The van der Waals surface area contributed by atoms with Crippen molar-refractivity contribution in [2.45, 2.75) is 101 Å². The molecular weight excluding hydrogens is 720 g/mol. The maximum absolute atomic E-state index is 9.47. The summed E-state index contributed by atoms with van der Waals surface area (Å²) >= 11 is 9.06. The van der Waals surface area contributed by atoms with Gasteiger partial charge in [0.2, 0.25) is 0 Å². The second kappa shape index (κ2) is 23.6. The third-order valence-electron chi connectivity index (χ3n) is 6.74. The monoisotopic (exact) mass is 774 g/mol. The molecule has 0 amide bonds. The van der Waals surface area contributed by atoms with Gasteiger partial charge in [-0.05, 0) is 39.2 Å². The van der Waals surface area contributed by atoms with Crippen LogP contribution in [0.25, 0.3) is 22.1 Å². The molecule has 276 valence electrons. The summed E-state index contributed by atoms with van der Waals surface area (Å²) in [4.78, 5) is 17.6. The largest absolute Gasteiger partial charge is 0.392 e. The molecule has 4 aromatic rings. The van der Waals surface area contributed by atoms with E-state index < -0.39 is 23.7 Å². The number of ether oxygens (including phenoxy) is 2.